The zero-order chi connectivity index (χ0) is 56.6. The number of phenolic OH excluding ortho intramolecular Hbond substituents is 11. The molecular formula is C47H40O31. The summed E-state index contributed by atoms with van der Waals surface area (Å²) in [4.78, 5) is 74.5. The fourth-order valence-corrected chi connectivity index (χ4v) is 11.8. The number of phenols is 11. The Morgan fingerprint density at radius 3 is 1.76 bits per heavy atom. The molecule has 7 aliphatic rings. The second-order valence-electron chi connectivity index (χ2n) is 19.6. The van der Waals surface area contributed by atoms with E-state index in [0.717, 1.165) is 0 Å². The van der Waals surface area contributed by atoms with Crippen LogP contribution < -0.4 is 4.74 Å². The molecule has 2 saturated heterocycles. The van der Waals surface area contributed by atoms with Crippen molar-refractivity contribution in [1.29, 1.82) is 0 Å². The average Bonchev–Trinajstić information content (AvgIpc) is 3.63. The zero-order valence-corrected chi connectivity index (χ0v) is 38.8. The Balaban J connectivity index is 1.19. The van der Waals surface area contributed by atoms with Crippen molar-refractivity contribution in [3.8, 4) is 80.1 Å². The Morgan fingerprint density at radius 2 is 1.14 bits per heavy atom. The molecule has 4 bridgehead atoms. The minimum absolute atomic E-state index is 0.328. The van der Waals surface area contributed by atoms with E-state index in [0.29, 0.717) is 30.3 Å². The Hall–Kier alpha value is -8.53. The van der Waals surface area contributed by atoms with E-state index < -0.39 is 247 Å². The summed E-state index contributed by atoms with van der Waals surface area (Å²) >= 11 is 0. The van der Waals surface area contributed by atoms with E-state index in [1.54, 1.807) is 0 Å². The van der Waals surface area contributed by atoms with Gasteiger partial charge in [0.1, 0.15) is 12.7 Å². The van der Waals surface area contributed by atoms with Crippen LogP contribution in [-0.4, -0.2) is 195 Å². The molecule has 2 aliphatic carbocycles. The lowest BCUT2D eigenvalue weighted by molar-refractivity contribution is -0.495. The van der Waals surface area contributed by atoms with Gasteiger partial charge in [0.05, 0.1) is 46.3 Å². The average molecular weight is 1100 g/mol. The first-order chi connectivity index (χ1) is 36.4. The SMILES string of the molecule is O=C(OC1OC2COC(=O)c3cc(O)c(O)c(O)c3-c3c(cc(O)c(O)c3O)C(=O)OC3C2OC(=O)C24CC5(O)OCC(O)C5CC2C(O)(O)C(O)(O)C2(O)Oc5c(O)c(O)cc(c5C42)C(=O)OC13)c1cc(O)c(O)c(O)c1. The van der Waals surface area contributed by atoms with E-state index in [1.807, 2.05) is 0 Å². The van der Waals surface area contributed by atoms with E-state index in [1.165, 1.54) is 0 Å². The molecule has 31 heteroatoms. The smallest absolute Gasteiger partial charge is 0.340 e. The lowest BCUT2D eigenvalue weighted by Gasteiger charge is -2.63. The number of aliphatic hydroxyl groups excluding tert-OH is 1. The zero-order valence-electron chi connectivity index (χ0n) is 38.8. The standard InChI is InChI=1S/C47H40O31/c48-15-1-10(2-16(49)26(15)54)37(60)77-41-35-34-32(21(73-41)8-71-38(61)11-3-17(50)27(55)30(58)23(11)24-12(39(62)74-34)4-18(51)28(56)31(24)59)76-42(64)43-9-44(65)14(20(53)7-72-44)6-22(43)45(66,67)47(69,70)46(68)36(43)25-13(40(63)75-35)5-19(52)29(57)33(25)78-46/h1-5,14,20-22,32,34-36,41,48-59,65-70H,6-9H2. The summed E-state index contributed by atoms with van der Waals surface area (Å²) in [6.07, 6.45) is -17.5. The van der Waals surface area contributed by atoms with Crippen LogP contribution in [0.3, 0.4) is 0 Å². The summed E-state index contributed by atoms with van der Waals surface area (Å²) in [5.74, 6) is -48.3. The number of aliphatic hydroxyl groups is 7. The van der Waals surface area contributed by atoms with Gasteiger partial charge in [-0.15, -0.1) is 0 Å². The van der Waals surface area contributed by atoms with Crippen molar-refractivity contribution in [3.63, 3.8) is 0 Å². The molecule has 2 saturated carbocycles. The molecule has 4 fully saturated rings. The molecule has 4 aromatic rings. The van der Waals surface area contributed by atoms with Crippen LogP contribution in [0.2, 0.25) is 0 Å². The maximum atomic E-state index is 16.0. The van der Waals surface area contributed by atoms with Gasteiger partial charge in [0, 0.05) is 34.9 Å². The molecule has 11 rings (SSSR count). The number of ether oxygens (including phenoxy) is 8. The predicted octanol–water partition coefficient (Wildman–Crippen LogP) is -2.82. The van der Waals surface area contributed by atoms with Crippen LogP contribution in [0.15, 0.2) is 30.3 Å². The van der Waals surface area contributed by atoms with Gasteiger partial charge in [-0.1, -0.05) is 0 Å². The summed E-state index contributed by atoms with van der Waals surface area (Å²) in [6.45, 7) is -2.18. The highest BCUT2D eigenvalue weighted by molar-refractivity contribution is 6.08. The predicted molar refractivity (Wildman–Crippen MR) is 234 cm³/mol. The number of hydrogen-bond donors (Lipinski definition) is 18. The number of carbonyl (C=O) groups excluding carboxylic acids is 5. The quantitative estimate of drug-likeness (QED) is 0.0416. The van der Waals surface area contributed by atoms with E-state index in [4.69, 9.17) is 37.9 Å². The molecule has 0 radical (unpaired) electrons. The molecule has 5 aliphatic heterocycles. The topological polar surface area (TPSA) is 523 Å². The first-order valence-electron chi connectivity index (χ1n) is 22.8. The fraction of sp³-hybridized carbons (Fsp3) is 0.383. The summed E-state index contributed by atoms with van der Waals surface area (Å²) < 4.78 is 45.9. The van der Waals surface area contributed by atoms with Crippen molar-refractivity contribution in [3.05, 3.63) is 58.1 Å². The van der Waals surface area contributed by atoms with Gasteiger partial charge in [0.25, 0.3) is 11.6 Å². The van der Waals surface area contributed by atoms with Crippen LogP contribution in [0.5, 0.6) is 69.0 Å². The van der Waals surface area contributed by atoms with Gasteiger partial charge in [0.2, 0.25) is 35.4 Å². The first kappa shape index (κ1) is 51.6. The normalized spacial score (nSPS) is 32.9. The van der Waals surface area contributed by atoms with Crippen LogP contribution in [-0.2, 0) is 38.0 Å². The van der Waals surface area contributed by atoms with Crippen molar-refractivity contribution in [2.45, 2.75) is 78.7 Å². The maximum absolute atomic E-state index is 16.0. The van der Waals surface area contributed by atoms with Crippen LogP contribution in [0.25, 0.3) is 11.1 Å². The highest BCUT2D eigenvalue weighted by Crippen LogP contribution is 2.73. The molecule has 12 atom stereocenters. The minimum Gasteiger partial charge on any atom is -0.504 e. The molecule has 12 unspecified atom stereocenters. The number of hydrogen-bond acceptors (Lipinski definition) is 31. The number of rotatable bonds is 2. The molecule has 31 nitrogen and oxygen atoms in total. The number of benzene rings is 4. The van der Waals surface area contributed by atoms with Gasteiger partial charge in [-0.25, -0.2) is 19.2 Å². The van der Waals surface area contributed by atoms with Crippen molar-refractivity contribution in [2.75, 3.05) is 13.2 Å². The number of esters is 5. The van der Waals surface area contributed by atoms with E-state index in [-0.39, 0.29) is 0 Å². The maximum Gasteiger partial charge on any atom is 0.340 e. The lowest BCUT2D eigenvalue weighted by atomic mass is 9.45. The van der Waals surface area contributed by atoms with Crippen molar-refractivity contribution >= 4 is 29.8 Å². The van der Waals surface area contributed by atoms with Gasteiger partial charge in [-0.3, -0.25) is 4.79 Å². The number of cyclic esters (lactones) is 1. The number of fused-ring (bicyclic) bond motifs is 4. The minimum atomic E-state index is -4.51. The summed E-state index contributed by atoms with van der Waals surface area (Å²) in [7, 11) is 0. The van der Waals surface area contributed by atoms with Crippen molar-refractivity contribution in [1.82, 2.24) is 0 Å². The Kier molecular flexibility index (Phi) is 10.9. The third kappa shape index (κ3) is 6.67. The Morgan fingerprint density at radius 1 is 0.603 bits per heavy atom. The van der Waals surface area contributed by atoms with E-state index in [9.17, 15) is 106 Å². The second kappa shape index (κ2) is 16.5. The van der Waals surface area contributed by atoms with Crippen LogP contribution in [0.1, 0.15) is 65.8 Å². The Bertz CT molecular complexity index is 3350. The third-order valence-corrected chi connectivity index (χ3v) is 15.5. The van der Waals surface area contributed by atoms with Gasteiger partial charge < -0.3 is 130 Å². The Labute approximate surface area is 430 Å². The third-order valence-electron chi connectivity index (χ3n) is 15.5. The summed E-state index contributed by atoms with van der Waals surface area (Å²) in [5.41, 5.74) is -11.1. The summed E-state index contributed by atoms with van der Waals surface area (Å²) in [6, 6.07) is 2.17. The van der Waals surface area contributed by atoms with E-state index >= 15 is 9.59 Å². The number of aromatic hydroxyl groups is 11. The second-order valence-corrected chi connectivity index (χ2v) is 19.6. The monoisotopic (exact) mass is 1100 g/mol. The van der Waals surface area contributed by atoms with Crippen LogP contribution >= 0.6 is 0 Å². The van der Waals surface area contributed by atoms with Gasteiger partial charge >= 0.3 is 29.8 Å². The largest absolute Gasteiger partial charge is 0.504 e. The van der Waals surface area contributed by atoms with Gasteiger partial charge in [-0.2, -0.15) is 0 Å². The molecule has 18 N–H and O–H groups in total. The molecule has 4 aromatic carbocycles. The van der Waals surface area contributed by atoms with Crippen molar-refractivity contribution in [2.24, 2.45) is 17.3 Å². The molecule has 5 heterocycles. The molecule has 1 spiro atoms. The molecule has 414 valence electrons. The highest BCUT2D eigenvalue weighted by atomic mass is 16.8. The molecular weight excluding hydrogens is 1060 g/mol. The number of carbonyl (C=O) groups is 5. The molecule has 0 amide bonds. The lowest BCUT2D eigenvalue weighted by Crippen LogP contribution is -2.83. The molecule has 0 aromatic heterocycles. The van der Waals surface area contributed by atoms with Crippen LogP contribution in [0, 0.1) is 17.3 Å². The van der Waals surface area contributed by atoms with Crippen LogP contribution in [0.4, 0.5) is 0 Å². The fourth-order valence-electron chi connectivity index (χ4n) is 11.8. The van der Waals surface area contributed by atoms with Gasteiger partial charge in [-0.05, 0) is 36.8 Å². The summed E-state index contributed by atoms with van der Waals surface area (Å²) in [5, 5.41) is 202. The highest BCUT2D eigenvalue weighted by Gasteiger charge is 2.87. The van der Waals surface area contributed by atoms with Gasteiger partial charge in [0.15, 0.2) is 69.7 Å². The van der Waals surface area contributed by atoms with E-state index in [2.05, 4.69) is 0 Å². The van der Waals surface area contributed by atoms with Crippen molar-refractivity contribution < 1.29 is 154 Å². The molecule has 78 heavy (non-hydrogen) atoms. The first-order valence-corrected chi connectivity index (χ1v) is 22.8.